The van der Waals surface area contributed by atoms with E-state index in [2.05, 4.69) is 68.4 Å². The Bertz CT molecular complexity index is 1130. The van der Waals surface area contributed by atoms with Crippen LogP contribution in [0.2, 0.25) is 0 Å². The van der Waals surface area contributed by atoms with Crippen LogP contribution in [-0.4, -0.2) is 10.8 Å². The van der Waals surface area contributed by atoms with Crippen molar-refractivity contribution in [2.45, 2.75) is 58.4 Å². The maximum atomic E-state index is 9.47. The molecule has 0 spiro atoms. The summed E-state index contributed by atoms with van der Waals surface area (Å²) >= 11 is 0. The molecule has 1 aromatic carbocycles. The lowest BCUT2D eigenvalue weighted by Crippen LogP contribution is -2.30. The number of allylic oxidation sites excluding steroid dienone is 5. The predicted molar refractivity (Wildman–Crippen MR) is 141 cm³/mol. The molecule has 0 fully saturated rings. The lowest BCUT2D eigenvalue weighted by Gasteiger charge is -2.33. The van der Waals surface area contributed by atoms with E-state index in [0.717, 1.165) is 33.5 Å². The first kappa shape index (κ1) is 25.7. The molecule has 0 saturated carbocycles. The van der Waals surface area contributed by atoms with Gasteiger partial charge in [-0.25, -0.2) is 0 Å². The maximum absolute atomic E-state index is 9.47. The summed E-state index contributed by atoms with van der Waals surface area (Å²) in [6.45, 7) is 19.9. The molecule has 2 atom stereocenters. The van der Waals surface area contributed by atoms with Crippen LogP contribution < -0.4 is 5.73 Å². The Kier molecular flexibility index (Phi) is 8.06. The highest BCUT2D eigenvalue weighted by atomic mass is 15.0. The number of nitrogens with two attached hydrogens (primary N) is 1. The van der Waals surface area contributed by atoms with Crippen LogP contribution in [0.15, 0.2) is 84.6 Å². The number of nitrogens with one attached hydrogen (secondary N) is 1. The van der Waals surface area contributed by atoms with Gasteiger partial charge in [0.25, 0.3) is 0 Å². The third kappa shape index (κ3) is 5.62. The topological polar surface area (TPSA) is 78.0 Å². The Labute approximate surface area is 199 Å². The highest BCUT2D eigenvalue weighted by molar-refractivity contribution is 5.79. The molecule has 0 aliphatic carbocycles. The van der Waals surface area contributed by atoms with Gasteiger partial charge in [-0.3, -0.25) is 4.99 Å². The minimum Gasteiger partial charge on any atom is -0.388 e. The molecule has 0 aliphatic rings. The van der Waals surface area contributed by atoms with Crippen LogP contribution in [0, 0.1) is 11.3 Å². The molecule has 0 amide bonds. The van der Waals surface area contributed by atoms with Crippen molar-refractivity contribution in [2.75, 3.05) is 0 Å². The molecule has 0 bridgehead atoms. The summed E-state index contributed by atoms with van der Waals surface area (Å²) in [5, 5.41) is 9.47. The average molecular weight is 441 g/mol. The Hall–Kier alpha value is -3.58. The number of H-pyrrole nitrogens is 1. The summed E-state index contributed by atoms with van der Waals surface area (Å²) in [6, 6.07) is 12.6. The summed E-state index contributed by atoms with van der Waals surface area (Å²) < 4.78 is 0. The molecule has 1 aromatic heterocycles. The summed E-state index contributed by atoms with van der Waals surface area (Å²) in [5.41, 5.74) is 11.0. The highest BCUT2D eigenvalue weighted by Gasteiger charge is 2.37. The van der Waals surface area contributed by atoms with Gasteiger partial charge < -0.3 is 10.7 Å². The number of hydrogen-bond donors (Lipinski definition) is 2. The second-order valence-corrected chi connectivity index (χ2v) is 9.11. The van der Waals surface area contributed by atoms with Gasteiger partial charge in [-0.05, 0) is 69.9 Å². The van der Waals surface area contributed by atoms with Gasteiger partial charge in [-0.1, -0.05) is 60.7 Å². The van der Waals surface area contributed by atoms with Crippen LogP contribution in [0.25, 0.3) is 5.57 Å². The molecule has 4 heteroatoms. The van der Waals surface area contributed by atoms with Crippen molar-refractivity contribution in [3.63, 3.8) is 0 Å². The van der Waals surface area contributed by atoms with Crippen molar-refractivity contribution in [3.05, 3.63) is 102 Å². The van der Waals surface area contributed by atoms with Crippen LogP contribution >= 0.6 is 0 Å². The molecular formula is C29H36N4. The molecule has 0 aliphatic heterocycles. The van der Waals surface area contributed by atoms with Gasteiger partial charge in [0.15, 0.2) is 0 Å². The zero-order valence-corrected chi connectivity index (χ0v) is 20.7. The molecule has 0 radical (unpaired) electrons. The number of hydrogen-bond acceptors (Lipinski definition) is 2. The van der Waals surface area contributed by atoms with Crippen LogP contribution in [0.5, 0.6) is 0 Å². The second kappa shape index (κ2) is 10.4. The van der Waals surface area contributed by atoms with Crippen LogP contribution in [0.1, 0.15) is 69.8 Å². The number of rotatable bonds is 9. The zero-order valence-electron chi connectivity index (χ0n) is 20.7. The summed E-state index contributed by atoms with van der Waals surface area (Å²) in [5.74, 6) is 0.349. The van der Waals surface area contributed by atoms with E-state index in [1.807, 2.05) is 51.3 Å². The summed E-state index contributed by atoms with van der Waals surface area (Å²) in [7, 11) is 0. The Morgan fingerprint density at radius 1 is 1.18 bits per heavy atom. The van der Waals surface area contributed by atoms with E-state index in [1.165, 1.54) is 0 Å². The molecule has 1 heterocycles. The van der Waals surface area contributed by atoms with Crippen LogP contribution in [0.4, 0.5) is 0 Å². The molecular weight excluding hydrogens is 404 g/mol. The van der Waals surface area contributed by atoms with Gasteiger partial charge in [0.2, 0.25) is 0 Å². The molecule has 33 heavy (non-hydrogen) atoms. The Morgan fingerprint density at radius 2 is 1.82 bits per heavy atom. The molecule has 3 N–H and O–H groups in total. The number of nitrogens with zero attached hydrogens (tertiary/aromatic N) is 2. The smallest absolute Gasteiger partial charge is 0.110 e. The Morgan fingerprint density at radius 3 is 2.30 bits per heavy atom. The van der Waals surface area contributed by atoms with Gasteiger partial charge in [0.05, 0.1) is 17.3 Å². The van der Waals surface area contributed by atoms with E-state index in [0.29, 0.717) is 5.84 Å². The number of aromatic nitrogens is 1. The number of aliphatic imine (C=N–C) groups is 1. The van der Waals surface area contributed by atoms with Crippen molar-refractivity contribution in [3.8, 4) is 6.07 Å². The fourth-order valence-electron chi connectivity index (χ4n) is 3.97. The van der Waals surface area contributed by atoms with E-state index >= 15 is 0 Å². The summed E-state index contributed by atoms with van der Waals surface area (Å²) in [6.07, 6.45) is 9.91. The normalized spacial score (nSPS) is 16.0. The minimum absolute atomic E-state index is 0.143. The largest absolute Gasteiger partial charge is 0.388 e. The van der Waals surface area contributed by atoms with Gasteiger partial charge >= 0.3 is 0 Å². The fraction of sp³-hybridized carbons (Fsp3) is 0.310. The minimum atomic E-state index is -0.701. The van der Waals surface area contributed by atoms with E-state index < -0.39 is 11.0 Å². The molecule has 2 aromatic rings. The zero-order chi connectivity index (χ0) is 24.8. The van der Waals surface area contributed by atoms with Crippen molar-refractivity contribution < 1.29 is 0 Å². The third-order valence-corrected chi connectivity index (χ3v) is 6.14. The second-order valence-electron chi connectivity index (χ2n) is 9.11. The van der Waals surface area contributed by atoms with E-state index in [1.54, 1.807) is 6.92 Å². The summed E-state index contributed by atoms with van der Waals surface area (Å²) in [4.78, 5) is 8.30. The number of nitriles is 1. The monoisotopic (exact) mass is 440 g/mol. The molecule has 172 valence electrons. The van der Waals surface area contributed by atoms with Crippen molar-refractivity contribution in [1.82, 2.24) is 4.98 Å². The standard InChI is InChI=1S/C29H36N4/c1-9-20(4)16-22(10-2)24-17-27(32-18-24)29(8,33-21(5)31)26(11-3)23-12-14-25(15-13-23)28(6,7)19-30/h9-18,26,32H,2-3H2,1,4-8H3,(H2,31,33)/b20-9-,22-16+. The maximum Gasteiger partial charge on any atom is 0.110 e. The quantitative estimate of drug-likeness (QED) is 0.192. The van der Waals surface area contributed by atoms with Gasteiger partial charge in [0.1, 0.15) is 5.54 Å². The highest BCUT2D eigenvalue weighted by Crippen LogP contribution is 2.42. The Balaban J connectivity index is 2.60. The third-order valence-electron chi connectivity index (χ3n) is 6.14. The van der Waals surface area contributed by atoms with Gasteiger partial charge in [-0.2, -0.15) is 5.26 Å². The molecule has 4 nitrogen and oxygen atoms in total. The predicted octanol–water partition coefficient (Wildman–Crippen LogP) is 6.91. The molecule has 2 rings (SSSR count). The molecule has 2 unspecified atom stereocenters. The van der Waals surface area contributed by atoms with Gasteiger partial charge in [-0.15, -0.1) is 6.58 Å². The van der Waals surface area contributed by atoms with Gasteiger partial charge in [0, 0.05) is 17.8 Å². The number of amidine groups is 1. The number of aromatic amines is 1. The van der Waals surface area contributed by atoms with Crippen molar-refractivity contribution >= 4 is 11.4 Å². The first-order valence-electron chi connectivity index (χ1n) is 11.1. The van der Waals surface area contributed by atoms with Crippen LogP contribution in [0.3, 0.4) is 0 Å². The first-order valence-corrected chi connectivity index (χ1v) is 11.1. The van der Waals surface area contributed by atoms with E-state index in [9.17, 15) is 5.26 Å². The van der Waals surface area contributed by atoms with E-state index in [4.69, 9.17) is 10.7 Å². The average Bonchev–Trinajstić information content (AvgIpc) is 3.28. The fourth-order valence-corrected chi connectivity index (χ4v) is 3.97. The van der Waals surface area contributed by atoms with Crippen molar-refractivity contribution in [2.24, 2.45) is 10.7 Å². The van der Waals surface area contributed by atoms with Crippen molar-refractivity contribution in [1.29, 1.82) is 5.26 Å². The SMILES string of the molecule is C=C/C(=C\C(C)=C/C)c1c[nH]c(C(C)(N=C(C)N)C(C=C)c2ccc(C(C)(C)C#N)cc2)c1. The lowest BCUT2D eigenvalue weighted by atomic mass is 9.77. The van der Waals surface area contributed by atoms with E-state index in [-0.39, 0.29) is 5.92 Å². The molecule has 0 saturated heterocycles. The lowest BCUT2D eigenvalue weighted by molar-refractivity contribution is 0.434. The first-order chi connectivity index (χ1) is 15.5. The number of benzene rings is 1. The van der Waals surface area contributed by atoms with Crippen LogP contribution in [-0.2, 0) is 11.0 Å².